The molecule has 272 valence electrons. The predicted octanol–water partition coefficient (Wildman–Crippen LogP) is 15.2. The Labute approximate surface area is 338 Å². The van der Waals surface area contributed by atoms with Gasteiger partial charge in [-0.1, -0.05) is 152 Å². The van der Waals surface area contributed by atoms with Crippen molar-refractivity contribution in [3.05, 3.63) is 229 Å². The standard InChI is InChI=1S/C56H38N2/c1-2-15-38(16-3-1)55-49-35-45(57-51-22-10-6-18-40(51)33-41-19-7-11-23-52(41)57)28-30-47(49)56(44-27-26-37-14-4-5-17-39(37)32-44)48-31-29-46(36-50(48)55)58-53-24-12-8-20-42(53)34-43-21-9-13-25-54(43)58/h1-32,35-36H,33-34H2. The van der Waals surface area contributed by atoms with E-state index in [4.69, 9.17) is 0 Å². The maximum Gasteiger partial charge on any atom is 0.0497 e. The van der Waals surface area contributed by atoms with E-state index in [9.17, 15) is 0 Å². The lowest BCUT2D eigenvalue weighted by Gasteiger charge is -2.34. The topological polar surface area (TPSA) is 6.48 Å². The van der Waals surface area contributed by atoms with Crippen LogP contribution in [0.4, 0.5) is 34.1 Å². The molecule has 10 aromatic carbocycles. The van der Waals surface area contributed by atoms with Gasteiger partial charge in [0.1, 0.15) is 0 Å². The van der Waals surface area contributed by atoms with Crippen LogP contribution in [-0.2, 0) is 12.8 Å². The molecule has 0 spiro atoms. The summed E-state index contributed by atoms with van der Waals surface area (Å²) in [5.74, 6) is 0. The third kappa shape index (κ3) is 5.12. The molecule has 2 heteroatoms. The van der Waals surface area contributed by atoms with E-state index >= 15 is 0 Å². The summed E-state index contributed by atoms with van der Waals surface area (Å²) in [4.78, 5) is 4.95. The molecular formula is C56H38N2. The van der Waals surface area contributed by atoms with Crippen LogP contribution in [0.15, 0.2) is 206 Å². The first kappa shape index (κ1) is 32.8. The third-order valence-corrected chi connectivity index (χ3v) is 12.4. The van der Waals surface area contributed by atoms with E-state index < -0.39 is 0 Å². The van der Waals surface area contributed by atoms with Crippen LogP contribution >= 0.6 is 0 Å². The van der Waals surface area contributed by atoms with Crippen LogP contribution in [0.1, 0.15) is 22.3 Å². The van der Waals surface area contributed by atoms with Gasteiger partial charge in [0, 0.05) is 47.0 Å². The van der Waals surface area contributed by atoms with Crippen molar-refractivity contribution >= 4 is 66.4 Å². The smallest absolute Gasteiger partial charge is 0.0497 e. The molecule has 0 atom stereocenters. The Morgan fingerprint density at radius 3 is 1.19 bits per heavy atom. The highest BCUT2D eigenvalue weighted by Gasteiger charge is 2.27. The molecule has 0 saturated heterocycles. The van der Waals surface area contributed by atoms with Gasteiger partial charge in [0.15, 0.2) is 0 Å². The number of rotatable bonds is 4. The predicted molar refractivity (Wildman–Crippen MR) is 245 cm³/mol. The van der Waals surface area contributed by atoms with Crippen LogP contribution in [-0.4, -0.2) is 0 Å². The highest BCUT2D eigenvalue weighted by atomic mass is 15.2. The van der Waals surface area contributed by atoms with E-state index in [0.29, 0.717) is 0 Å². The van der Waals surface area contributed by atoms with E-state index in [2.05, 4.69) is 216 Å². The van der Waals surface area contributed by atoms with E-state index in [0.717, 1.165) is 24.2 Å². The summed E-state index contributed by atoms with van der Waals surface area (Å²) in [5, 5.41) is 7.43. The number of hydrogen-bond acceptors (Lipinski definition) is 2. The summed E-state index contributed by atoms with van der Waals surface area (Å²) in [6, 6.07) is 76.6. The van der Waals surface area contributed by atoms with Crippen LogP contribution in [0.5, 0.6) is 0 Å². The molecule has 2 heterocycles. The zero-order valence-electron chi connectivity index (χ0n) is 31.9. The number of anilines is 6. The van der Waals surface area contributed by atoms with Gasteiger partial charge < -0.3 is 9.80 Å². The fourth-order valence-corrected chi connectivity index (χ4v) is 9.79. The minimum atomic E-state index is 0.925. The highest BCUT2D eigenvalue weighted by Crippen LogP contribution is 2.51. The number of para-hydroxylation sites is 4. The first-order chi connectivity index (χ1) is 28.8. The van der Waals surface area contributed by atoms with Crippen molar-refractivity contribution < 1.29 is 0 Å². The van der Waals surface area contributed by atoms with Crippen LogP contribution in [0.25, 0.3) is 54.6 Å². The fraction of sp³-hybridized carbons (Fsp3) is 0.0357. The summed E-state index contributed by atoms with van der Waals surface area (Å²) >= 11 is 0. The Balaban J connectivity index is 1.19. The van der Waals surface area contributed by atoms with E-state index in [-0.39, 0.29) is 0 Å². The molecule has 12 rings (SSSR count). The molecule has 0 saturated carbocycles. The molecule has 0 aromatic heterocycles. The number of benzene rings is 10. The lowest BCUT2D eigenvalue weighted by molar-refractivity contribution is 1.09. The van der Waals surface area contributed by atoms with Crippen molar-refractivity contribution in [3.63, 3.8) is 0 Å². The highest BCUT2D eigenvalue weighted by molar-refractivity contribution is 6.23. The number of nitrogens with zero attached hydrogens (tertiary/aromatic N) is 2. The Morgan fingerprint density at radius 1 is 0.276 bits per heavy atom. The molecule has 0 N–H and O–H groups in total. The van der Waals surface area contributed by atoms with Gasteiger partial charge in [0.05, 0.1) is 0 Å². The van der Waals surface area contributed by atoms with Gasteiger partial charge in [-0.25, -0.2) is 0 Å². The van der Waals surface area contributed by atoms with Crippen LogP contribution in [0, 0.1) is 0 Å². The molecule has 0 bridgehead atoms. The summed E-state index contributed by atoms with van der Waals surface area (Å²) in [5.41, 5.74) is 17.5. The van der Waals surface area contributed by atoms with Gasteiger partial charge in [0.2, 0.25) is 0 Å². The van der Waals surface area contributed by atoms with Crippen molar-refractivity contribution in [3.8, 4) is 22.3 Å². The van der Waals surface area contributed by atoms with Gasteiger partial charge in [-0.15, -0.1) is 0 Å². The van der Waals surface area contributed by atoms with E-state index in [1.807, 2.05) is 0 Å². The molecule has 10 aromatic rings. The maximum atomic E-state index is 2.47. The Bertz CT molecular complexity index is 3000. The van der Waals surface area contributed by atoms with Crippen LogP contribution in [0.3, 0.4) is 0 Å². The Hall–Kier alpha value is -7.42. The molecule has 0 amide bonds. The number of hydrogen-bond donors (Lipinski definition) is 0. The SMILES string of the molecule is c1ccc(-c2c3cc(N4c5ccccc5Cc5ccccc54)ccc3c(-c3ccc4ccccc4c3)c3ccc(N4c5ccccc5Cc5ccccc54)cc23)cc1. The lowest BCUT2D eigenvalue weighted by Crippen LogP contribution is -2.18. The van der Waals surface area contributed by atoms with Gasteiger partial charge in [0.25, 0.3) is 0 Å². The third-order valence-electron chi connectivity index (χ3n) is 12.4. The second-order valence-corrected chi connectivity index (χ2v) is 15.7. The fourth-order valence-electron chi connectivity index (χ4n) is 9.79. The minimum Gasteiger partial charge on any atom is -0.310 e. The van der Waals surface area contributed by atoms with Crippen molar-refractivity contribution in [2.45, 2.75) is 12.8 Å². The van der Waals surface area contributed by atoms with Crippen molar-refractivity contribution in [2.75, 3.05) is 9.80 Å². The van der Waals surface area contributed by atoms with Crippen LogP contribution in [0.2, 0.25) is 0 Å². The summed E-state index contributed by atoms with van der Waals surface area (Å²) in [7, 11) is 0. The second kappa shape index (κ2) is 13.1. The molecule has 0 fully saturated rings. The Kier molecular flexibility index (Phi) is 7.39. The zero-order valence-corrected chi connectivity index (χ0v) is 31.9. The largest absolute Gasteiger partial charge is 0.310 e. The van der Waals surface area contributed by atoms with E-state index in [1.165, 1.54) is 99.6 Å². The minimum absolute atomic E-state index is 0.925. The molecule has 0 aliphatic carbocycles. The average Bonchev–Trinajstić information content (AvgIpc) is 3.29. The normalized spacial score (nSPS) is 13.0. The first-order valence-electron chi connectivity index (χ1n) is 20.3. The van der Waals surface area contributed by atoms with Gasteiger partial charge in [-0.2, -0.15) is 0 Å². The molecule has 2 aliphatic rings. The van der Waals surface area contributed by atoms with Gasteiger partial charge in [-0.05, 0) is 131 Å². The number of fused-ring (bicyclic) bond motifs is 7. The van der Waals surface area contributed by atoms with Gasteiger partial charge in [-0.3, -0.25) is 0 Å². The summed E-state index contributed by atoms with van der Waals surface area (Å²) in [6.45, 7) is 0. The quantitative estimate of drug-likeness (QED) is 0.166. The summed E-state index contributed by atoms with van der Waals surface area (Å²) in [6.07, 6.45) is 1.85. The van der Waals surface area contributed by atoms with E-state index in [1.54, 1.807) is 0 Å². The van der Waals surface area contributed by atoms with Crippen molar-refractivity contribution in [1.82, 2.24) is 0 Å². The molecule has 0 unspecified atom stereocenters. The first-order valence-corrected chi connectivity index (χ1v) is 20.3. The van der Waals surface area contributed by atoms with Crippen molar-refractivity contribution in [2.24, 2.45) is 0 Å². The average molecular weight is 739 g/mol. The maximum absolute atomic E-state index is 2.47. The van der Waals surface area contributed by atoms with Crippen LogP contribution < -0.4 is 9.80 Å². The molecule has 0 radical (unpaired) electrons. The Morgan fingerprint density at radius 2 is 0.690 bits per heavy atom. The van der Waals surface area contributed by atoms with Gasteiger partial charge >= 0.3 is 0 Å². The molecule has 2 aliphatic heterocycles. The monoisotopic (exact) mass is 738 g/mol. The molecule has 58 heavy (non-hydrogen) atoms. The summed E-state index contributed by atoms with van der Waals surface area (Å²) < 4.78 is 0. The lowest BCUT2D eigenvalue weighted by atomic mass is 9.84. The molecule has 2 nitrogen and oxygen atoms in total. The second-order valence-electron chi connectivity index (χ2n) is 15.7. The molecular weight excluding hydrogens is 701 g/mol. The van der Waals surface area contributed by atoms with Crippen molar-refractivity contribution in [1.29, 1.82) is 0 Å². The zero-order chi connectivity index (χ0) is 38.2.